The molecule has 1 N–H and O–H groups in total. The quantitative estimate of drug-likeness (QED) is 0.529. The lowest BCUT2D eigenvalue weighted by atomic mass is 9.88. The highest BCUT2D eigenvalue weighted by atomic mass is 35.5. The summed E-state index contributed by atoms with van der Waals surface area (Å²) in [4.78, 5) is 37.9. The van der Waals surface area contributed by atoms with Gasteiger partial charge in [0, 0.05) is 0 Å². The molecular formula is C18H22Cl2N2O4. The van der Waals surface area contributed by atoms with E-state index < -0.39 is 24.1 Å². The van der Waals surface area contributed by atoms with Crippen LogP contribution < -0.4 is 5.32 Å². The van der Waals surface area contributed by atoms with Crippen LogP contribution in [-0.2, 0) is 20.9 Å². The number of esters is 1. The number of hydrogen-bond donors (Lipinski definition) is 1. The van der Waals surface area contributed by atoms with E-state index in [4.69, 9.17) is 27.9 Å². The van der Waals surface area contributed by atoms with Gasteiger partial charge in [-0.15, -0.1) is 0 Å². The number of halogens is 2. The van der Waals surface area contributed by atoms with Gasteiger partial charge in [-0.25, -0.2) is 4.79 Å². The normalized spacial score (nSPS) is 15.9. The SMILES string of the molecule is CCCC1(CCC)NC(=O)N(CC(=O)OCc2ccc(Cl)c(Cl)c2)C1=O. The summed E-state index contributed by atoms with van der Waals surface area (Å²) in [6.07, 6.45) is 2.59. The van der Waals surface area contributed by atoms with Gasteiger partial charge in [0.25, 0.3) is 5.91 Å². The molecule has 2 rings (SSSR count). The molecule has 0 unspecified atom stereocenters. The molecule has 0 radical (unpaired) electrons. The predicted molar refractivity (Wildman–Crippen MR) is 99.0 cm³/mol. The van der Waals surface area contributed by atoms with E-state index in [-0.39, 0.29) is 12.5 Å². The van der Waals surface area contributed by atoms with E-state index in [1.165, 1.54) is 0 Å². The Kier molecular flexibility index (Phi) is 6.89. The van der Waals surface area contributed by atoms with Crippen LogP contribution >= 0.6 is 23.2 Å². The van der Waals surface area contributed by atoms with Gasteiger partial charge < -0.3 is 10.1 Å². The Morgan fingerprint density at radius 2 is 1.81 bits per heavy atom. The maximum absolute atomic E-state index is 12.7. The second-order valence-corrected chi connectivity index (χ2v) is 7.13. The first kappa shape index (κ1) is 20.5. The number of ether oxygens (including phenoxy) is 1. The van der Waals surface area contributed by atoms with Gasteiger partial charge in [0.2, 0.25) is 0 Å². The summed E-state index contributed by atoms with van der Waals surface area (Å²) in [5.74, 6) is -1.03. The van der Waals surface area contributed by atoms with Gasteiger partial charge >= 0.3 is 12.0 Å². The Bertz CT molecular complexity index is 702. The predicted octanol–water partition coefficient (Wildman–Crippen LogP) is 3.93. The molecule has 0 spiro atoms. The molecular weight excluding hydrogens is 379 g/mol. The highest BCUT2D eigenvalue weighted by molar-refractivity contribution is 6.42. The summed E-state index contributed by atoms with van der Waals surface area (Å²) in [5.41, 5.74) is -0.249. The van der Waals surface area contributed by atoms with Crippen LogP contribution in [0.15, 0.2) is 18.2 Å². The maximum atomic E-state index is 12.7. The Labute approximate surface area is 162 Å². The van der Waals surface area contributed by atoms with Crippen molar-refractivity contribution in [2.24, 2.45) is 0 Å². The van der Waals surface area contributed by atoms with Crippen molar-refractivity contribution in [3.8, 4) is 0 Å². The summed E-state index contributed by atoms with van der Waals surface area (Å²) < 4.78 is 5.16. The second-order valence-electron chi connectivity index (χ2n) is 6.31. The number of hydrogen-bond acceptors (Lipinski definition) is 4. The number of nitrogens with zero attached hydrogens (tertiary/aromatic N) is 1. The largest absolute Gasteiger partial charge is 0.459 e. The molecule has 1 aliphatic rings. The van der Waals surface area contributed by atoms with Crippen LogP contribution in [0, 0.1) is 0 Å². The molecule has 1 aliphatic heterocycles. The molecule has 1 heterocycles. The second kappa shape index (κ2) is 8.73. The minimum absolute atomic E-state index is 0.0194. The smallest absolute Gasteiger partial charge is 0.326 e. The molecule has 0 saturated carbocycles. The number of carbonyl (C=O) groups is 3. The third-order valence-corrected chi connectivity index (χ3v) is 5.01. The first-order valence-corrected chi connectivity index (χ1v) is 9.32. The van der Waals surface area contributed by atoms with E-state index in [1.807, 2.05) is 13.8 Å². The number of imide groups is 1. The van der Waals surface area contributed by atoms with Crippen LogP contribution in [0.2, 0.25) is 10.0 Å². The monoisotopic (exact) mass is 400 g/mol. The van der Waals surface area contributed by atoms with Crippen LogP contribution in [0.5, 0.6) is 0 Å². The fourth-order valence-corrected chi connectivity index (χ4v) is 3.43. The summed E-state index contributed by atoms with van der Waals surface area (Å²) in [6, 6.07) is 4.33. The van der Waals surface area contributed by atoms with Crippen molar-refractivity contribution in [1.82, 2.24) is 10.2 Å². The van der Waals surface area contributed by atoms with Gasteiger partial charge in [0.05, 0.1) is 10.0 Å². The molecule has 0 aromatic heterocycles. The van der Waals surface area contributed by atoms with Gasteiger partial charge in [-0.05, 0) is 30.5 Å². The lowest BCUT2D eigenvalue weighted by molar-refractivity contribution is -0.149. The van der Waals surface area contributed by atoms with Gasteiger partial charge in [-0.2, -0.15) is 0 Å². The Morgan fingerprint density at radius 3 is 2.38 bits per heavy atom. The summed E-state index contributed by atoms with van der Waals surface area (Å²) in [7, 11) is 0. The number of benzene rings is 1. The highest BCUT2D eigenvalue weighted by Gasteiger charge is 2.50. The van der Waals surface area contributed by atoms with Gasteiger partial charge in [0.15, 0.2) is 0 Å². The molecule has 0 atom stereocenters. The van der Waals surface area contributed by atoms with Crippen LogP contribution in [0.3, 0.4) is 0 Å². The number of nitrogens with one attached hydrogen (secondary N) is 1. The fraction of sp³-hybridized carbons (Fsp3) is 0.500. The molecule has 8 heteroatoms. The maximum Gasteiger partial charge on any atom is 0.326 e. The van der Waals surface area contributed by atoms with Crippen LogP contribution in [0.25, 0.3) is 0 Å². The van der Waals surface area contributed by atoms with Crippen molar-refractivity contribution in [3.05, 3.63) is 33.8 Å². The van der Waals surface area contributed by atoms with E-state index in [0.29, 0.717) is 28.5 Å². The molecule has 1 fully saturated rings. The average molecular weight is 401 g/mol. The van der Waals surface area contributed by atoms with E-state index in [9.17, 15) is 14.4 Å². The molecule has 142 valence electrons. The number of urea groups is 1. The van der Waals surface area contributed by atoms with Crippen molar-refractivity contribution in [2.75, 3.05) is 6.54 Å². The number of rotatable bonds is 8. The van der Waals surface area contributed by atoms with Gasteiger partial charge in [-0.3, -0.25) is 14.5 Å². The van der Waals surface area contributed by atoms with Crippen molar-refractivity contribution >= 4 is 41.1 Å². The summed E-state index contributed by atoms with van der Waals surface area (Å²) in [5, 5.41) is 3.53. The standard InChI is InChI=1S/C18H22Cl2N2O4/c1-3-7-18(8-4-2)16(24)22(17(25)21-18)10-15(23)26-11-12-5-6-13(19)14(20)9-12/h5-6,9H,3-4,7-8,10-11H2,1-2H3,(H,21,25). The first-order valence-electron chi connectivity index (χ1n) is 8.56. The molecule has 1 aromatic carbocycles. The van der Waals surface area contributed by atoms with Crippen LogP contribution in [0.1, 0.15) is 45.1 Å². The topological polar surface area (TPSA) is 75.7 Å². The summed E-state index contributed by atoms with van der Waals surface area (Å²) >= 11 is 11.8. The molecule has 1 saturated heterocycles. The average Bonchev–Trinajstić information content (AvgIpc) is 2.81. The van der Waals surface area contributed by atoms with E-state index in [0.717, 1.165) is 17.7 Å². The van der Waals surface area contributed by atoms with Crippen molar-refractivity contribution in [3.63, 3.8) is 0 Å². The zero-order chi connectivity index (χ0) is 19.3. The number of carbonyl (C=O) groups excluding carboxylic acids is 3. The van der Waals surface area contributed by atoms with E-state index in [1.54, 1.807) is 18.2 Å². The molecule has 26 heavy (non-hydrogen) atoms. The lowest BCUT2D eigenvalue weighted by Gasteiger charge is -2.25. The lowest BCUT2D eigenvalue weighted by Crippen LogP contribution is -2.47. The van der Waals surface area contributed by atoms with E-state index in [2.05, 4.69) is 5.32 Å². The van der Waals surface area contributed by atoms with Crippen LogP contribution in [0.4, 0.5) is 4.79 Å². The Balaban J connectivity index is 1.98. The van der Waals surface area contributed by atoms with E-state index >= 15 is 0 Å². The zero-order valence-electron chi connectivity index (χ0n) is 14.8. The van der Waals surface area contributed by atoms with Crippen LogP contribution in [-0.4, -0.2) is 34.9 Å². The summed E-state index contributed by atoms with van der Waals surface area (Å²) in [6.45, 7) is 3.46. The van der Waals surface area contributed by atoms with Crippen molar-refractivity contribution in [1.29, 1.82) is 0 Å². The third kappa shape index (κ3) is 4.48. The fourth-order valence-electron chi connectivity index (χ4n) is 3.11. The molecule has 3 amide bonds. The third-order valence-electron chi connectivity index (χ3n) is 4.27. The molecule has 0 aliphatic carbocycles. The first-order chi connectivity index (χ1) is 12.3. The van der Waals surface area contributed by atoms with Crippen molar-refractivity contribution < 1.29 is 19.1 Å². The zero-order valence-corrected chi connectivity index (χ0v) is 16.3. The number of amides is 3. The molecule has 1 aromatic rings. The Hall–Kier alpha value is -1.79. The highest BCUT2D eigenvalue weighted by Crippen LogP contribution is 2.28. The van der Waals surface area contributed by atoms with Crippen molar-refractivity contribution in [2.45, 2.75) is 51.7 Å². The van der Waals surface area contributed by atoms with Gasteiger partial charge in [-0.1, -0.05) is 56.0 Å². The minimum atomic E-state index is -0.912. The molecule has 6 nitrogen and oxygen atoms in total. The van der Waals surface area contributed by atoms with Gasteiger partial charge in [0.1, 0.15) is 18.7 Å². The molecule has 0 bridgehead atoms. The Morgan fingerprint density at radius 1 is 1.15 bits per heavy atom. The minimum Gasteiger partial charge on any atom is -0.459 e.